The van der Waals surface area contributed by atoms with E-state index in [4.69, 9.17) is 4.74 Å². The molecule has 1 aliphatic heterocycles. The number of hydrogen-bond acceptors (Lipinski definition) is 4. The molecule has 0 bridgehead atoms. The molecule has 5 nitrogen and oxygen atoms in total. The van der Waals surface area contributed by atoms with Crippen LogP contribution in [0.5, 0.6) is 0 Å². The van der Waals surface area contributed by atoms with Gasteiger partial charge in [0.2, 0.25) is 0 Å². The Kier molecular flexibility index (Phi) is 8.35. The van der Waals surface area contributed by atoms with Crippen LogP contribution in [0.15, 0.2) is 0 Å². The molecule has 0 aromatic rings. The Morgan fingerprint density at radius 3 is 2.15 bits per heavy atom. The number of rotatable bonds is 9. The maximum absolute atomic E-state index is 12.7. The van der Waals surface area contributed by atoms with E-state index in [0.717, 1.165) is 25.7 Å². The lowest BCUT2D eigenvalue weighted by atomic mass is 9.77. The van der Waals surface area contributed by atoms with Crippen molar-refractivity contribution in [3.63, 3.8) is 0 Å². The largest absolute Gasteiger partial charge is 0.471 e. The van der Waals surface area contributed by atoms with Gasteiger partial charge in [0.05, 0.1) is 12.1 Å². The van der Waals surface area contributed by atoms with Crippen LogP contribution in [0.2, 0.25) is 0 Å². The SMILES string of the molecule is CCCCC[C@@]1(O)C[C@H](NC(=O)C(F)(F)F)[C@](O)(CCCCC)[C@@H](C)O1. The van der Waals surface area contributed by atoms with Gasteiger partial charge < -0.3 is 20.3 Å². The van der Waals surface area contributed by atoms with Gasteiger partial charge in [-0.25, -0.2) is 0 Å². The summed E-state index contributed by atoms with van der Waals surface area (Å²) in [5, 5.41) is 23.6. The van der Waals surface area contributed by atoms with Gasteiger partial charge in [0.15, 0.2) is 5.79 Å². The summed E-state index contributed by atoms with van der Waals surface area (Å²) >= 11 is 0. The third-order valence-corrected chi connectivity index (χ3v) is 5.14. The number of amides is 1. The van der Waals surface area contributed by atoms with E-state index in [9.17, 15) is 28.2 Å². The molecular weight excluding hydrogens is 351 g/mol. The highest BCUT2D eigenvalue weighted by Gasteiger charge is 2.54. The molecule has 1 rings (SSSR count). The summed E-state index contributed by atoms with van der Waals surface area (Å²) < 4.78 is 43.8. The fourth-order valence-electron chi connectivity index (χ4n) is 3.52. The van der Waals surface area contributed by atoms with E-state index in [1.165, 1.54) is 6.92 Å². The molecule has 0 aliphatic carbocycles. The number of alkyl halides is 3. The summed E-state index contributed by atoms with van der Waals surface area (Å²) in [7, 11) is 0. The molecule has 4 atom stereocenters. The van der Waals surface area contributed by atoms with Crippen molar-refractivity contribution in [1.82, 2.24) is 5.32 Å². The number of ether oxygens (including phenoxy) is 1. The Morgan fingerprint density at radius 2 is 1.65 bits per heavy atom. The van der Waals surface area contributed by atoms with E-state index in [1.807, 2.05) is 19.2 Å². The summed E-state index contributed by atoms with van der Waals surface area (Å²) in [6.07, 6.45) is -1.11. The summed E-state index contributed by atoms with van der Waals surface area (Å²) in [5.41, 5.74) is -1.66. The van der Waals surface area contributed by atoms with Gasteiger partial charge in [0.1, 0.15) is 5.60 Å². The Bertz CT molecular complexity index is 460. The van der Waals surface area contributed by atoms with Gasteiger partial charge >= 0.3 is 12.1 Å². The molecule has 0 aromatic carbocycles. The van der Waals surface area contributed by atoms with E-state index in [0.29, 0.717) is 12.8 Å². The number of unbranched alkanes of at least 4 members (excludes halogenated alkanes) is 4. The van der Waals surface area contributed by atoms with Crippen LogP contribution in [0.25, 0.3) is 0 Å². The van der Waals surface area contributed by atoms with Gasteiger partial charge in [0.25, 0.3) is 0 Å². The van der Waals surface area contributed by atoms with Gasteiger partial charge in [-0.05, 0) is 19.8 Å². The summed E-state index contributed by atoms with van der Waals surface area (Å²) in [6.45, 7) is 5.50. The molecule has 1 fully saturated rings. The van der Waals surface area contributed by atoms with Gasteiger partial charge in [-0.15, -0.1) is 0 Å². The van der Waals surface area contributed by atoms with Gasteiger partial charge in [0, 0.05) is 12.8 Å². The highest BCUT2D eigenvalue weighted by atomic mass is 19.4. The molecule has 8 heteroatoms. The van der Waals surface area contributed by atoms with Gasteiger partial charge in [-0.1, -0.05) is 46.0 Å². The molecule has 0 saturated carbocycles. The normalized spacial score (nSPS) is 32.5. The first kappa shape index (κ1) is 23.2. The number of carbonyl (C=O) groups is 1. The van der Waals surface area contributed by atoms with E-state index in [-0.39, 0.29) is 19.3 Å². The summed E-state index contributed by atoms with van der Waals surface area (Å²) in [6, 6.07) is -1.23. The number of hydrogen-bond donors (Lipinski definition) is 3. The van der Waals surface area contributed by atoms with Crippen LogP contribution in [0.1, 0.15) is 78.6 Å². The second-order valence-corrected chi connectivity index (χ2v) is 7.34. The van der Waals surface area contributed by atoms with Crippen LogP contribution in [0.3, 0.4) is 0 Å². The van der Waals surface area contributed by atoms with Crippen LogP contribution in [-0.2, 0) is 9.53 Å². The lowest BCUT2D eigenvalue weighted by Crippen LogP contribution is -2.68. The number of carbonyl (C=O) groups excluding carboxylic acids is 1. The maximum Gasteiger partial charge on any atom is 0.471 e. The first-order valence-corrected chi connectivity index (χ1v) is 9.48. The van der Waals surface area contributed by atoms with Crippen LogP contribution in [-0.4, -0.2) is 45.8 Å². The molecule has 154 valence electrons. The van der Waals surface area contributed by atoms with Gasteiger partial charge in [-0.2, -0.15) is 13.2 Å². The Labute approximate surface area is 153 Å². The first-order chi connectivity index (χ1) is 12.0. The van der Waals surface area contributed by atoms with E-state index in [1.54, 1.807) is 0 Å². The minimum Gasteiger partial charge on any atom is -0.385 e. The Balaban J connectivity index is 2.99. The molecule has 1 heterocycles. The fourth-order valence-corrected chi connectivity index (χ4v) is 3.52. The second-order valence-electron chi connectivity index (χ2n) is 7.34. The molecule has 1 amide bonds. The Hall–Kier alpha value is -0.860. The minimum atomic E-state index is -5.05. The van der Waals surface area contributed by atoms with Crippen molar-refractivity contribution in [3.8, 4) is 0 Å². The number of aliphatic hydroxyl groups is 2. The average molecular weight is 383 g/mol. The smallest absolute Gasteiger partial charge is 0.385 e. The number of nitrogens with one attached hydrogen (secondary N) is 1. The van der Waals surface area contributed by atoms with Crippen molar-refractivity contribution in [2.75, 3.05) is 0 Å². The molecule has 26 heavy (non-hydrogen) atoms. The summed E-state index contributed by atoms with van der Waals surface area (Å²) in [5.74, 6) is -3.77. The van der Waals surface area contributed by atoms with Crippen molar-refractivity contribution in [2.24, 2.45) is 0 Å². The van der Waals surface area contributed by atoms with Gasteiger partial charge in [-0.3, -0.25) is 4.79 Å². The minimum absolute atomic E-state index is 0.190. The fraction of sp³-hybridized carbons (Fsp3) is 0.944. The average Bonchev–Trinajstić information content (AvgIpc) is 2.52. The zero-order chi connectivity index (χ0) is 20.0. The van der Waals surface area contributed by atoms with Crippen molar-refractivity contribution >= 4 is 5.91 Å². The Morgan fingerprint density at radius 1 is 1.12 bits per heavy atom. The predicted octanol–water partition coefficient (Wildman–Crippen LogP) is 3.42. The molecule has 0 aromatic heterocycles. The molecule has 0 unspecified atom stereocenters. The highest BCUT2D eigenvalue weighted by Crippen LogP contribution is 2.40. The predicted molar refractivity (Wildman–Crippen MR) is 91.3 cm³/mol. The van der Waals surface area contributed by atoms with Crippen LogP contribution >= 0.6 is 0 Å². The molecule has 3 N–H and O–H groups in total. The van der Waals surface area contributed by atoms with Crippen LogP contribution < -0.4 is 5.32 Å². The van der Waals surface area contributed by atoms with E-state index < -0.39 is 35.6 Å². The summed E-state index contributed by atoms with van der Waals surface area (Å²) in [4.78, 5) is 11.5. The van der Waals surface area contributed by atoms with Crippen molar-refractivity contribution in [3.05, 3.63) is 0 Å². The van der Waals surface area contributed by atoms with Crippen LogP contribution in [0, 0.1) is 0 Å². The third-order valence-electron chi connectivity index (χ3n) is 5.14. The molecule has 0 spiro atoms. The molecule has 1 saturated heterocycles. The highest BCUT2D eigenvalue weighted by molar-refractivity contribution is 5.82. The zero-order valence-corrected chi connectivity index (χ0v) is 15.9. The topological polar surface area (TPSA) is 78.8 Å². The van der Waals surface area contributed by atoms with Crippen molar-refractivity contribution in [1.29, 1.82) is 0 Å². The van der Waals surface area contributed by atoms with Crippen molar-refractivity contribution < 1.29 is 32.9 Å². The molecule has 0 radical (unpaired) electrons. The lowest BCUT2D eigenvalue weighted by molar-refractivity contribution is -0.309. The van der Waals surface area contributed by atoms with Crippen LogP contribution in [0.4, 0.5) is 13.2 Å². The van der Waals surface area contributed by atoms with E-state index in [2.05, 4.69) is 0 Å². The first-order valence-electron chi connectivity index (χ1n) is 9.48. The lowest BCUT2D eigenvalue weighted by Gasteiger charge is -2.51. The third kappa shape index (κ3) is 6.09. The standard InChI is InChI=1S/C18H32F3NO4/c1-4-6-8-10-16(24)12-14(22-15(23)18(19,20)21)17(25,13(3)26-16)11-9-7-5-2/h13-14,24-25H,4-12H2,1-3H3,(H,22,23)/t13-,14+,16+,17+/m1/s1. The molecular formula is C18H32F3NO4. The number of halogens is 3. The monoisotopic (exact) mass is 383 g/mol. The molecule has 1 aliphatic rings. The van der Waals surface area contributed by atoms with Crippen molar-refractivity contribution in [2.45, 2.75) is 108 Å². The quantitative estimate of drug-likeness (QED) is 0.533. The zero-order valence-electron chi connectivity index (χ0n) is 15.9. The second kappa shape index (κ2) is 9.37. The maximum atomic E-state index is 12.7. The van der Waals surface area contributed by atoms with E-state index >= 15 is 0 Å².